The van der Waals surface area contributed by atoms with Gasteiger partial charge >= 0.3 is 0 Å². The average molecular weight is 274 g/mol. The van der Waals surface area contributed by atoms with E-state index in [9.17, 15) is 13.2 Å². The van der Waals surface area contributed by atoms with Crippen LogP contribution in [0, 0.1) is 5.82 Å². The van der Waals surface area contributed by atoms with Crippen LogP contribution in [0.1, 0.15) is 31.9 Å². The van der Waals surface area contributed by atoms with Crippen LogP contribution in [0.5, 0.6) is 0 Å². The predicted octanol–water partition coefficient (Wildman–Crippen LogP) is 3.59. The number of benzene rings is 1. The molecule has 1 N–H and O–H groups in total. The number of anilines is 1. The van der Waals surface area contributed by atoms with Gasteiger partial charge in [0, 0.05) is 13.1 Å². The molecular formula is C14H21F3N2. The van der Waals surface area contributed by atoms with Crippen LogP contribution < -0.4 is 10.2 Å². The van der Waals surface area contributed by atoms with Gasteiger partial charge in [-0.2, -0.15) is 0 Å². The average Bonchev–Trinajstić information content (AvgIpc) is 2.34. The topological polar surface area (TPSA) is 15.3 Å². The maximum Gasteiger partial charge on any atom is 0.255 e. The fourth-order valence-electron chi connectivity index (χ4n) is 1.89. The lowest BCUT2D eigenvalue weighted by molar-refractivity contribution is 0.156. The molecule has 0 aliphatic heterocycles. The number of hydrogen-bond donors (Lipinski definition) is 1. The van der Waals surface area contributed by atoms with Crippen LogP contribution in [0.15, 0.2) is 18.2 Å². The van der Waals surface area contributed by atoms with Gasteiger partial charge in [-0.05, 0) is 37.6 Å². The largest absolute Gasteiger partial charge is 0.367 e. The van der Waals surface area contributed by atoms with Crippen molar-refractivity contribution in [1.82, 2.24) is 5.32 Å². The number of hydrogen-bond acceptors (Lipinski definition) is 2. The van der Waals surface area contributed by atoms with Crippen LogP contribution >= 0.6 is 0 Å². The highest BCUT2D eigenvalue weighted by Gasteiger charge is 2.14. The van der Waals surface area contributed by atoms with Gasteiger partial charge in [-0.1, -0.05) is 13.0 Å². The molecule has 1 rings (SSSR count). The molecule has 0 fully saturated rings. The summed E-state index contributed by atoms with van der Waals surface area (Å²) in [6, 6.07) is 4.78. The van der Waals surface area contributed by atoms with E-state index in [2.05, 4.69) is 12.2 Å². The first-order valence-electron chi connectivity index (χ1n) is 6.47. The van der Waals surface area contributed by atoms with Gasteiger partial charge in [0.1, 0.15) is 5.82 Å². The molecule has 0 spiro atoms. The minimum Gasteiger partial charge on any atom is -0.367 e. The Bertz CT molecular complexity index is 396. The molecule has 19 heavy (non-hydrogen) atoms. The van der Waals surface area contributed by atoms with E-state index in [1.165, 1.54) is 18.0 Å². The third-order valence-electron chi connectivity index (χ3n) is 3.00. The van der Waals surface area contributed by atoms with Crippen molar-refractivity contribution in [1.29, 1.82) is 0 Å². The number of rotatable bonds is 7. The fraction of sp³-hybridized carbons (Fsp3) is 0.571. The van der Waals surface area contributed by atoms with Crippen molar-refractivity contribution in [3.8, 4) is 0 Å². The number of halogens is 3. The number of alkyl halides is 2. The van der Waals surface area contributed by atoms with E-state index < -0.39 is 18.8 Å². The second kappa shape index (κ2) is 7.38. The third kappa shape index (κ3) is 4.74. The normalized spacial score (nSPS) is 12.8. The molecule has 1 aromatic carbocycles. The summed E-state index contributed by atoms with van der Waals surface area (Å²) in [5.74, 6) is -0.467. The molecule has 0 aliphatic rings. The van der Waals surface area contributed by atoms with Crippen molar-refractivity contribution >= 4 is 5.69 Å². The molecule has 5 heteroatoms. The molecule has 0 aliphatic carbocycles. The highest BCUT2D eigenvalue weighted by Crippen LogP contribution is 2.23. The molecule has 1 aromatic rings. The number of nitrogens with zero attached hydrogens (tertiary/aromatic N) is 1. The van der Waals surface area contributed by atoms with Gasteiger partial charge in [-0.15, -0.1) is 0 Å². The van der Waals surface area contributed by atoms with Crippen molar-refractivity contribution in [2.75, 3.05) is 25.0 Å². The van der Waals surface area contributed by atoms with Gasteiger partial charge in [0.05, 0.1) is 12.2 Å². The van der Waals surface area contributed by atoms with Gasteiger partial charge in [0.15, 0.2) is 0 Å². The van der Waals surface area contributed by atoms with Gasteiger partial charge in [0.25, 0.3) is 6.43 Å². The molecule has 108 valence electrons. The van der Waals surface area contributed by atoms with E-state index >= 15 is 0 Å². The lowest BCUT2D eigenvalue weighted by atomic mass is 10.1. The molecule has 1 unspecified atom stereocenters. The Morgan fingerprint density at radius 3 is 2.53 bits per heavy atom. The second-order valence-corrected chi connectivity index (χ2v) is 4.66. The second-order valence-electron chi connectivity index (χ2n) is 4.66. The summed E-state index contributed by atoms with van der Waals surface area (Å²) in [6.07, 6.45) is -1.48. The highest BCUT2D eigenvalue weighted by atomic mass is 19.3. The first-order chi connectivity index (χ1) is 8.95. The SMILES string of the molecule is CCCNC(C)c1ccc(N(C)CC(F)F)c(F)c1. The Morgan fingerprint density at radius 2 is 2.00 bits per heavy atom. The summed E-state index contributed by atoms with van der Waals surface area (Å²) in [5.41, 5.74) is 1.02. The first kappa shape index (κ1) is 15.8. The smallest absolute Gasteiger partial charge is 0.255 e. The minimum atomic E-state index is -2.48. The summed E-state index contributed by atoms with van der Waals surface area (Å²) >= 11 is 0. The monoisotopic (exact) mass is 274 g/mol. The van der Waals surface area contributed by atoms with Crippen molar-refractivity contribution in [3.05, 3.63) is 29.6 Å². The van der Waals surface area contributed by atoms with Crippen LogP contribution in [0.4, 0.5) is 18.9 Å². The van der Waals surface area contributed by atoms with Crippen LogP contribution in [-0.2, 0) is 0 Å². The van der Waals surface area contributed by atoms with E-state index in [0.717, 1.165) is 18.5 Å². The van der Waals surface area contributed by atoms with E-state index in [1.54, 1.807) is 12.1 Å². The van der Waals surface area contributed by atoms with Gasteiger partial charge in [-0.3, -0.25) is 0 Å². The molecule has 0 saturated heterocycles. The molecule has 0 aromatic heterocycles. The molecule has 1 atom stereocenters. The third-order valence-corrected chi connectivity index (χ3v) is 3.00. The van der Waals surface area contributed by atoms with Gasteiger partial charge in [-0.25, -0.2) is 13.2 Å². The van der Waals surface area contributed by atoms with Gasteiger partial charge in [0.2, 0.25) is 0 Å². The Kier molecular flexibility index (Phi) is 6.15. The molecule has 2 nitrogen and oxygen atoms in total. The summed E-state index contributed by atoms with van der Waals surface area (Å²) in [4.78, 5) is 1.23. The first-order valence-corrected chi connectivity index (χ1v) is 6.47. The molecule has 0 radical (unpaired) electrons. The summed E-state index contributed by atoms with van der Waals surface area (Å²) < 4.78 is 38.5. The van der Waals surface area contributed by atoms with Crippen LogP contribution in [-0.4, -0.2) is 26.6 Å². The molecule has 0 bridgehead atoms. The maximum absolute atomic E-state index is 13.9. The zero-order valence-electron chi connectivity index (χ0n) is 11.6. The van der Waals surface area contributed by atoms with E-state index in [0.29, 0.717) is 0 Å². The van der Waals surface area contributed by atoms with Crippen molar-refractivity contribution in [3.63, 3.8) is 0 Å². The quantitative estimate of drug-likeness (QED) is 0.817. The zero-order valence-corrected chi connectivity index (χ0v) is 11.6. The van der Waals surface area contributed by atoms with Crippen LogP contribution in [0.2, 0.25) is 0 Å². The molecule has 0 heterocycles. The van der Waals surface area contributed by atoms with E-state index in [1.807, 2.05) is 6.92 Å². The van der Waals surface area contributed by atoms with E-state index in [-0.39, 0.29) is 11.7 Å². The maximum atomic E-state index is 13.9. The minimum absolute atomic E-state index is 0.0453. The standard InChI is InChI=1S/C14H21F3N2/c1-4-7-18-10(2)11-5-6-13(12(15)8-11)19(3)9-14(16)17/h5-6,8,10,14,18H,4,7,9H2,1-3H3. The summed E-state index contributed by atoms with van der Waals surface area (Å²) in [6.45, 7) is 4.39. The summed E-state index contributed by atoms with van der Waals surface area (Å²) in [5, 5.41) is 3.26. The van der Waals surface area contributed by atoms with Gasteiger partial charge < -0.3 is 10.2 Å². The Hall–Kier alpha value is -1.23. The number of nitrogens with one attached hydrogen (secondary N) is 1. The van der Waals surface area contributed by atoms with E-state index in [4.69, 9.17) is 0 Å². The lowest BCUT2D eigenvalue weighted by Crippen LogP contribution is -2.25. The Balaban J connectivity index is 2.79. The molecule has 0 amide bonds. The predicted molar refractivity (Wildman–Crippen MR) is 72.4 cm³/mol. The van der Waals surface area contributed by atoms with Crippen LogP contribution in [0.3, 0.4) is 0 Å². The molecular weight excluding hydrogens is 253 g/mol. The van der Waals surface area contributed by atoms with Crippen molar-refractivity contribution < 1.29 is 13.2 Å². The van der Waals surface area contributed by atoms with Crippen molar-refractivity contribution in [2.24, 2.45) is 0 Å². The van der Waals surface area contributed by atoms with Crippen molar-refractivity contribution in [2.45, 2.75) is 32.7 Å². The zero-order chi connectivity index (χ0) is 14.4. The van der Waals surface area contributed by atoms with Crippen LogP contribution in [0.25, 0.3) is 0 Å². The lowest BCUT2D eigenvalue weighted by Gasteiger charge is -2.21. The Labute approximate surface area is 112 Å². The summed E-state index contributed by atoms with van der Waals surface area (Å²) in [7, 11) is 1.46. The molecule has 0 saturated carbocycles. The highest BCUT2D eigenvalue weighted by molar-refractivity contribution is 5.49. The fourth-order valence-corrected chi connectivity index (χ4v) is 1.89. The Morgan fingerprint density at radius 1 is 1.32 bits per heavy atom.